The van der Waals surface area contributed by atoms with Crippen LogP contribution in [0.15, 0.2) is 36.4 Å². The van der Waals surface area contributed by atoms with Crippen molar-refractivity contribution in [2.24, 2.45) is 0 Å². The zero-order chi connectivity index (χ0) is 15.7. The van der Waals surface area contributed by atoms with Crippen molar-refractivity contribution < 1.29 is 4.79 Å². The molecule has 1 aliphatic heterocycles. The van der Waals surface area contributed by atoms with Crippen LogP contribution in [0.3, 0.4) is 0 Å². The lowest BCUT2D eigenvalue weighted by Gasteiger charge is -2.17. The number of halogens is 2. The maximum atomic E-state index is 11.8. The summed E-state index contributed by atoms with van der Waals surface area (Å²) in [7, 11) is 0. The van der Waals surface area contributed by atoms with Gasteiger partial charge in [-0.1, -0.05) is 35.3 Å². The number of carbonyl (C=O) groups is 1. The third-order valence-electron chi connectivity index (χ3n) is 3.91. The van der Waals surface area contributed by atoms with E-state index < -0.39 is 0 Å². The van der Waals surface area contributed by atoms with Gasteiger partial charge in [0.05, 0.1) is 0 Å². The molecule has 0 atom stereocenters. The molecular formula is C17H16Cl2N2O. The summed E-state index contributed by atoms with van der Waals surface area (Å²) in [5, 5.41) is 1.25. The lowest BCUT2D eigenvalue weighted by molar-refractivity contribution is -0.117. The third-order valence-corrected chi connectivity index (χ3v) is 4.50. The smallest absolute Gasteiger partial charge is 0.227 e. The number of anilines is 2. The average Bonchev–Trinajstić information content (AvgIpc) is 2.90. The molecule has 0 aromatic heterocycles. The number of hydrogen-bond donors (Lipinski definition) is 1. The number of rotatable bonds is 3. The molecule has 1 aliphatic rings. The van der Waals surface area contributed by atoms with Crippen molar-refractivity contribution in [1.29, 1.82) is 0 Å². The monoisotopic (exact) mass is 334 g/mol. The van der Waals surface area contributed by atoms with Gasteiger partial charge in [0.1, 0.15) is 0 Å². The van der Waals surface area contributed by atoms with Gasteiger partial charge in [-0.2, -0.15) is 0 Å². The highest BCUT2D eigenvalue weighted by Crippen LogP contribution is 2.29. The van der Waals surface area contributed by atoms with Crippen LogP contribution >= 0.6 is 23.2 Å². The Morgan fingerprint density at radius 3 is 2.50 bits per heavy atom. The molecule has 0 bridgehead atoms. The van der Waals surface area contributed by atoms with Gasteiger partial charge in [-0.05, 0) is 41.8 Å². The first kappa shape index (κ1) is 15.2. The summed E-state index contributed by atoms with van der Waals surface area (Å²) >= 11 is 12.1. The molecule has 0 spiro atoms. The molecule has 2 aromatic carbocycles. The molecule has 1 heterocycles. The first-order valence-corrected chi connectivity index (χ1v) is 7.93. The van der Waals surface area contributed by atoms with Gasteiger partial charge in [-0.3, -0.25) is 4.79 Å². The maximum absolute atomic E-state index is 11.8. The van der Waals surface area contributed by atoms with Crippen LogP contribution in [0.4, 0.5) is 11.4 Å². The molecule has 1 fully saturated rings. The van der Waals surface area contributed by atoms with E-state index in [1.54, 1.807) is 11.0 Å². The Hall–Kier alpha value is -1.71. The molecular weight excluding hydrogens is 319 g/mol. The van der Waals surface area contributed by atoms with Crippen molar-refractivity contribution >= 4 is 40.5 Å². The van der Waals surface area contributed by atoms with Crippen molar-refractivity contribution in [3.8, 4) is 0 Å². The fourth-order valence-corrected chi connectivity index (χ4v) is 3.18. The summed E-state index contributed by atoms with van der Waals surface area (Å²) < 4.78 is 0. The van der Waals surface area contributed by atoms with Gasteiger partial charge in [0.15, 0.2) is 0 Å². The molecule has 0 aliphatic carbocycles. The molecule has 2 aromatic rings. The van der Waals surface area contributed by atoms with Crippen molar-refractivity contribution in [2.75, 3.05) is 17.2 Å². The number of amides is 1. The average molecular weight is 335 g/mol. The van der Waals surface area contributed by atoms with Crippen molar-refractivity contribution in [1.82, 2.24) is 0 Å². The lowest BCUT2D eigenvalue weighted by Crippen LogP contribution is -2.23. The topological polar surface area (TPSA) is 46.3 Å². The largest absolute Gasteiger partial charge is 0.398 e. The normalized spacial score (nSPS) is 14.6. The minimum absolute atomic E-state index is 0.160. The van der Waals surface area contributed by atoms with Crippen LogP contribution in [0.5, 0.6) is 0 Å². The lowest BCUT2D eigenvalue weighted by atomic mass is 10.0. The van der Waals surface area contributed by atoms with Crippen molar-refractivity contribution in [3.05, 3.63) is 57.6 Å². The Bertz CT molecular complexity index is 731. The van der Waals surface area contributed by atoms with Crippen LogP contribution in [0.25, 0.3) is 0 Å². The molecule has 1 amide bonds. The maximum Gasteiger partial charge on any atom is 0.227 e. The summed E-state index contributed by atoms with van der Waals surface area (Å²) in [6, 6.07) is 11.2. The van der Waals surface area contributed by atoms with Gasteiger partial charge in [-0.25, -0.2) is 0 Å². The number of benzene rings is 2. The Morgan fingerprint density at radius 2 is 1.86 bits per heavy atom. The van der Waals surface area contributed by atoms with E-state index in [2.05, 4.69) is 0 Å². The molecule has 0 radical (unpaired) electrons. The first-order valence-electron chi connectivity index (χ1n) is 7.17. The van der Waals surface area contributed by atoms with Crippen LogP contribution in [0.2, 0.25) is 10.0 Å². The first-order chi connectivity index (χ1) is 10.5. The van der Waals surface area contributed by atoms with Crippen LogP contribution < -0.4 is 10.6 Å². The molecule has 5 heteroatoms. The number of nitrogen functional groups attached to an aromatic ring is 1. The van der Waals surface area contributed by atoms with E-state index >= 15 is 0 Å². The Kier molecular flexibility index (Phi) is 4.27. The van der Waals surface area contributed by atoms with Crippen LogP contribution in [0, 0.1) is 0 Å². The predicted molar refractivity (Wildman–Crippen MR) is 91.7 cm³/mol. The van der Waals surface area contributed by atoms with Gasteiger partial charge in [0.25, 0.3) is 0 Å². The molecule has 1 saturated heterocycles. The summed E-state index contributed by atoms with van der Waals surface area (Å²) in [6.45, 7) is 0.765. The Balaban J connectivity index is 1.84. The summed E-state index contributed by atoms with van der Waals surface area (Å²) in [4.78, 5) is 13.6. The second-order valence-electron chi connectivity index (χ2n) is 5.44. The van der Waals surface area contributed by atoms with Crippen molar-refractivity contribution in [2.45, 2.75) is 19.3 Å². The fraction of sp³-hybridized carbons (Fsp3) is 0.235. The highest BCUT2D eigenvalue weighted by Gasteiger charge is 2.22. The van der Waals surface area contributed by atoms with Crippen LogP contribution in [0.1, 0.15) is 24.0 Å². The second-order valence-corrected chi connectivity index (χ2v) is 6.29. The third kappa shape index (κ3) is 3.06. The molecule has 22 heavy (non-hydrogen) atoms. The SMILES string of the molecule is Nc1cc(N2CCCC2=O)ccc1Cc1ccc(Cl)cc1Cl. The van der Waals surface area contributed by atoms with E-state index in [-0.39, 0.29) is 5.91 Å². The van der Waals surface area contributed by atoms with E-state index in [0.29, 0.717) is 28.6 Å². The standard InChI is InChI=1S/C17H16Cl2N2O/c18-13-5-3-11(15(19)9-13)8-12-4-6-14(10-16(12)20)21-7-1-2-17(21)22/h3-6,9-10H,1-2,7-8,20H2. The van der Waals surface area contributed by atoms with E-state index in [1.807, 2.05) is 30.3 Å². The van der Waals surface area contributed by atoms with E-state index in [4.69, 9.17) is 28.9 Å². The highest BCUT2D eigenvalue weighted by atomic mass is 35.5. The highest BCUT2D eigenvalue weighted by molar-refractivity contribution is 6.35. The van der Waals surface area contributed by atoms with E-state index in [1.165, 1.54) is 0 Å². The van der Waals surface area contributed by atoms with Gasteiger partial charge >= 0.3 is 0 Å². The Labute approximate surface area is 139 Å². The fourth-order valence-electron chi connectivity index (χ4n) is 2.70. The minimum atomic E-state index is 0.160. The molecule has 0 saturated carbocycles. The van der Waals surface area contributed by atoms with Gasteiger partial charge in [0.2, 0.25) is 5.91 Å². The van der Waals surface area contributed by atoms with Crippen molar-refractivity contribution in [3.63, 3.8) is 0 Å². The Morgan fingerprint density at radius 1 is 1.09 bits per heavy atom. The van der Waals surface area contributed by atoms with E-state index in [0.717, 1.165) is 29.8 Å². The van der Waals surface area contributed by atoms with Gasteiger partial charge in [-0.15, -0.1) is 0 Å². The van der Waals surface area contributed by atoms with Crippen LogP contribution in [-0.4, -0.2) is 12.5 Å². The molecule has 0 unspecified atom stereocenters. The zero-order valence-corrected chi connectivity index (χ0v) is 13.5. The zero-order valence-electron chi connectivity index (χ0n) is 12.0. The second kappa shape index (κ2) is 6.19. The van der Waals surface area contributed by atoms with Crippen LogP contribution in [-0.2, 0) is 11.2 Å². The molecule has 3 nitrogen and oxygen atoms in total. The number of nitrogens with zero attached hydrogens (tertiary/aromatic N) is 1. The van der Waals surface area contributed by atoms with Gasteiger partial charge < -0.3 is 10.6 Å². The summed E-state index contributed by atoms with van der Waals surface area (Å²) in [5.41, 5.74) is 9.65. The number of nitrogens with two attached hydrogens (primary N) is 1. The minimum Gasteiger partial charge on any atom is -0.398 e. The summed E-state index contributed by atoms with van der Waals surface area (Å²) in [5.74, 6) is 0.160. The molecule has 114 valence electrons. The van der Waals surface area contributed by atoms with Gasteiger partial charge in [0, 0.05) is 40.8 Å². The number of carbonyl (C=O) groups excluding carboxylic acids is 1. The summed E-state index contributed by atoms with van der Waals surface area (Å²) in [6.07, 6.45) is 2.15. The van der Waals surface area contributed by atoms with E-state index in [9.17, 15) is 4.79 Å². The quantitative estimate of drug-likeness (QED) is 0.851. The number of hydrogen-bond acceptors (Lipinski definition) is 2. The predicted octanol–water partition coefficient (Wildman–Crippen LogP) is 4.29. The molecule has 2 N–H and O–H groups in total. The molecule has 3 rings (SSSR count).